The number of rotatable bonds is 5. The van der Waals surface area contributed by atoms with E-state index in [0.29, 0.717) is 11.1 Å². The van der Waals surface area contributed by atoms with Crippen LogP contribution in [-0.4, -0.2) is 24.2 Å². The molecular weight excluding hydrogens is 284 g/mol. The number of hydrogen-bond donors (Lipinski definition) is 1. The first-order valence-electron chi connectivity index (χ1n) is 6.69. The largest absolute Gasteiger partial charge is 0.466 e. The first-order chi connectivity index (χ1) is 10.6. The zero-order valence-electron chi connectivity index (χ0n) is 12.0. The fraction of sp³-hybridized carbons (Fsp3) is 0.176. The lowest BCUT2D eigenvalue weighted by molar-refractivity contribution is -0.172. The standard InChI is InChI=1S/C17H16O5/c1-21-17(20)15(13-10-6-3-7-11-13)22-16(19)14(18)12-8-4-2-5-9-12/h2-11,14-15,18H,1H3/t14-,15+/m1/s1. The second kappa shape index (κ2) is 7.38. The maximum absolute atomic E-state index is 12.1. The van der Waals surface area contributed by atoms with E-state index in [-0.39, 0.29) is 0 Å². The summed E-state index contributed by atoms with van der Waals surface area (Å²) in [6.45, 7) is 0. The Morgan fingerprint density at radius 3 is 1.86 bits per heavy atom. The summed E-state index contributed by atoms with van der Waals surface area (Å²) in [7, 11) is 1.21. The van der Waals surface area contributed by atoms with Crippen molar-refractivity contribution in [3.8, 4) is 0 Å². The summed E-state index contributed by atoms with van der Waals surface area (Å²) in [6, 6.07) is 16.8. The molecule has 0 aliphatic rings. The van der Waals surface area contributed by atoms with Gasteiger partial charge in [-0.1, -0.05) is 60.7 Å². The molecule has 22 heavy (non-hydrogen) atoms. The molecule has 2 aromatic rings. The minimum atomic E-state index is -1.46. The molecule has 5 nitrogen and oxygen atoms in total. The van der Waals surface area contributed by atoms with E-state index < -0.39 is 24.1 Å². The van der Waals surface area contributed by atoms with Crippen LogP contribution in [0, 0.1) is 0 Å². The number of benzene rings is 2. The van der Waals surface area contributed by atoms with Crippen LogP contribution in [0.25, 0.3) is 0 Å². The van der Waals surface area contributed by atoms with Crippen LogP contribution in [0.15, 0.2) is 60.7 Å². The van der Waals surface area contributed by atoms with Crippen molar-refractivity contribution in [2.24, 2.45) is 0 Å². The molecule has 2 aromatic carbocycles. The maximum Gasteiger partial charge on any atom is 0.351 e. The minimum absolute atomic E-state index is 0.393. The predicted octanol–water partition coefficient (Wildman–Crippen LogP) is 2.18. The second-order valence-electron chi connectivity index (χ2n) is 4.56. The van der Waals surface area contributed by atoms with Crippen molar-refractivity contribution in [1.82, 2.24) is 0 Å². The number of carbonyl (C=O) groups excluding carboxylic acids is 2. The first-order valence-corrected chi connectivity index (χ1v) is 6.69. The zero-order chi connectivity index (χ0) is 15.9. The Bertz CT molecular complexity index is 624. The lowest BCUT2D eigenvalue weighted by Gasteiger charge is -2.18. The molecule has 0 fully saturated rings. The molecule has 114 valence electrons. The normalized spacial score (nSPS) is 13.0. The van der Waals surface area contributed by atoms with Crippen LogP contribution in [0.2, 0.25) is 0 Å². The van der Waals surface area contributed by atoms with Crippen molar-refractivity contribution < 1.29 is 24.2 Å². The van der Waals surface area contributed by atoms with Gasteiger partial charge in [-0.25, -0.2) is 9.59 Å². The summed E-state index contributed by atoms with van der Waals surface area (Å²) in [5, 5.41) is 10.0. The molecule has 1 N–H and O–H groups in total. The highest BCUT2D eigenvalue weighted by molar-refractivity contribution is 5.83. The Morgan fingerprint density at radius 2 is 1.36 bits per heavy atom. The van der Waals surface area contributed by atoms with Gasteiger partial charge in [-0.3, -0.25) is 0 Å². The van der Waals surface area contributed by atoms with Crippen LogP contribution in [0.4, 0.5) is 0 Å². The summed E-state index contributed by atoms with van der Waals surface area (Å²) in [5.41, 5.74) is 0.868. The number of methoxy groups -OCH3 is 1. The molecule has 0 saturated carbocycles. The van der Waals surface area contributed by atoms with Crippen LogP contribution >= 0.6 is 0 Å². The van der Waals surface area contributed by atoms with E-state index in [9.17, 15) is 14.7 Å². The molecule has 0 radical (unpaired) electrons. The monoisotopic (exact) mass is 300 g/mol. The number of carbonyl (C=O) groups is 2. The summed E-state index contributed by atoms with van der Waals surface area (Å²) < 4.78 is 9.80. The van der Waals surface area contributed by atoms with Gasteiger partial charge >= 0.3 is 11.9 Å². The Kier molecular flexibility index (Phi) is 5.27. The third-order valence-corrected chi connectivity index (χ3v) is 3.09. The van der Waals surface area contributed by atoms with Gasteiger partial charge in [0, 0.05) is 5.56 Å². The number of aliphatic hydroxyl groups excluding tert-OH is 1. The number of hydrogen-bond acceptors (Lipinski definition) is 5. The molecule has 0 spiro atoms. The van der Waals surface area contributed by atoms with Gasteiger partial charge in [0.15, 0.2) is 6.10 Å². The van der Waals surface area contributed by atoms with E-state index in [1.165, 1.54) is 7.11 Å². The highest BCUT2D eigenvalue weighted by atomic mass is 16.6. The number of aliphatic hydroxyl groups is 1. The third kappa shape index (κ3) is 3.71. The summed E-state index contributed by atoms with van der Waals surface area (Å²) in [4.78, 5) is 23.9. The van der Waals surface area contributed by atoms with Crippen molar-refractivity contribution in [1.29, 1.82) is 0 Å². The number of esters is 2. The van der Waals surface area contributed by atoms with Crippen molar-refractivity contribution in [2.75, 3.05) is 7.11 Å². The summed E-state index contributed by atoms with van der Waals surface area (Å²) in [5.74, 6) is -1.62. The third-order valence-electron chi connectivity index (χ3n) is 3.09. The highest BCUT2D eigenvalue weighted by Crippen LogP contribution is 2.23. The second-order valence-corrected chi connectivity index (χ2v) is 4.56. The van der Waals surface area contributed by atoms with Crippen LogP contribution in [0.1, 0.15) is 23.3 Å². The Morgan fingerprint density at radius 1 is 0.864 bits per heavy atom. The quantitative estimate of drug-likeness (QED) is 0.857. The molecule has 0 heterocycles. The Balaban J connectivity index is 2.17. The van der Waals surface area contributed by atoms with Crippen LogP contribution in [0.5, 0.6) is 0 Å². The minimum Gasteiger partial charge on any atom is -0.466 e. The van der Waals surface area contributed by atoms with Crippen molar-refractivity contribution in [2.45, 2.75) is 12.2 Å². The van der Waals surface area contributed by atoms with Crippen molar-refractivity contribution in [3.63, 3.8) is 0 Å². The molecule has 2 rings (SSSR count). The average Bonchev–Trinajstić information content (AvgIpc) is 2.59. The van der Waals surface area contributed by atoms with E-state index >= 15 is 0 Å². The van der Waals surface area contributed by atoms with Crippen LogP contribution < -0.4 is 0 Å². The molecule has 5 heteroatoms. The lowest BCUT2D eigenvalue weighted by Crippen LogP contribution is -2.24. The van der Waals surface area contributed by atoms with Gasteiger partial charge in [-0.15, -0.1) is 0 Å². The predicted molar refractivity (Wildman–Crippen MR) is 78.7 cm³/mol. The SMILES string of the molecule is COC(=O)[C@@H](OC(=O)[C@H](O)c1ccccc1)c1ccccc1. The van der Waals surface area contributed by atoms with Gasteiger partial charge < -0.3 is 14.6 Å². The van der Waals surface area contributed by atoms with Crippen molar-refractivity contribution in [3.05, 3.63) is 71.8 Å². The van der Waals surface area contributed by atoms with E-state index in [1.807, 2.05) is 0 Å². The maximum atomic E-state index is 12.1. The van der Waals surface area contributed by atoms with E-state index in [2.05, 4.69) is 4.74 Å². The van der Waals surface area contributed by atoms with Gasteiger partial charge in [0.05, 0.1) is 7.11 Å². The fourth-order valence-electron chi connectivity index (χ4n) is 1.94. The summed E-state index contributed by atoms with van der Waals surface area (Å²) in [6.07, 6.45) is -2.67. The number of ether oxygens (including phenoxy) is 2. The zero-order valence-corrected chi connectivity index (χ0v) is 12.0. The molecular formula is C17H16O5. The highest BCUT2D eigenvalue weighted by Gasteiger charge is 2.29. The Hall–Kier alpha value is -2.66. The van der Waals surface area contributed by atoms with Gasteiger partial charge in [-0.2, -0.15) is 0 Å². The smallest absolute Gasteiger partial charge is 0.351 e. The van der Waals surface area contributed by atoms with Gasteiger partial charge in [0.25, 0.3) is 0 Å². The molecule has 0 aliphatic heterocycles. The van der Waals surface area contributed by atoms with Gasteiger partial charge in [-0.05, 0) is 5.56 Å². The average molecular weight is 300 g/mol. The molecule has 0 aliphatic carbocycles. The van der Waals surface area contributed by atoms with E-state index in [1.54, 1.807) is 60.7 Å². The van der Waals surface area contributed by atoms with Gasteiger partial charge in [0.1, 0.15) is 0 Å². The first kappa shape index (κ1) is 15.7. The lowest BCUT2D eigenvalue weighted by atomic mass is 10.1. The van der Waals surface area contributed by atoms with E-state index in [4.69, 9.17) is 4.74 Å². The fourth-order valence-corrected chi connectivity index (χ4v) is 1.94. The Labute approximate surface area is 128 Å². The molecule has 0 saturated heterocycles. The molecule has 0 aromatic heterocycles. The summed E-state index contributed by atoms with van der Waals surface area (Å²) >= 11 is 0. The van der Waals surface area contributed by atoms with Crippen LogP contribution in [0.3, 0.4) is 0 Å². The molecule has 0 amide bonds. The molecule has 2 atom stereocenters. The van der Waals surface area contributed by atoms with Gasteiger partial charge in [0.2, 0.25) is 6.10 Å². The van der Waals surface area contributed by atoms with Crippen LogP contribution in [-0.2, 0) is 19.1 Å². The topological polar surface area (TPSA) is 72.8 Å². The van der Waals surface area contributed by atoms with E-state index in [0.717, 1.165) is 0 Å². The van der Waals surface area contributed by atoms with Crippen molar-refractivity contribution >= 4 is 11.9 Å². The molecule has 0 unspecified atom stereocenters. The molecule has 0 bridgehead atoms.